The molecule has 8 heteroatoms. The molecule has 2 aliphatic rings. The molecule has 2 aliphatic heterocycles. The Labute approximate surface area is 609 Å². The molecule has 0 spiro atoms. The molecule has 13 aromatic carbocycles. The van der Waals surface area contributed by atoms with Gasteiger partial charge < -0.3 is 32.9 Å². The van der Waals surface area contributed by atoms with Gasteiger partial charge in [0, 0.05) is 89.7 Å². The molecule has 0 N–H and O–H groups in total. The Bertz CT molecular complexity index is 5790. The quantitative estimate of drug-likeness (QED) is 0.120. The van der Waals surface area contributed by atoms with Crippen molar-refractivity contribution in [1.29, 1.82) is 0 Å². The van der Waals surface area contributed by atoms with Crippen LogP contribution in [0, 0.1) is 13.8 Å². The summed E-state index contributed by atoms with van der Waals surface area (Å²) in [5.41, 5.74) is 27.6. The number of aryl methyl sites for hydroxylation is 2. The van der Waals surface area contributed by atoms with Gasteiger partial charge in [-0.15, -0.1) is 0 Å². The van der Waals surface area contributed by atoms with E-state index in [1.165, 1.54) is 44.2 Å². The standard InChI is InChI=1S/C96H81BN4O3/c1-60-22-21-23-61(2)93(60)101-83-57-77(99(73-27-13-12-14-28-73)76-40-34-62-48-67(33-32-63(62)50-76)89-53-64-24-15-18-29-86(64)102-89)45-46-80(83)97-81-56-72(96(9,10)11)39-47-82(81)100(78-51-68(90-54-65-25-16-19-30-87(65)103-90)49-69(52-78)91-55-66-26-17-20-31-88(66)104-91)84-58-79(59-85(101)92(84)97)98(74-41-35-70(36-42-74)94(3,4)5)75-43-37-71(38-44-75)95(6,7)8/h12-59H,1-11H3. The average molecular weight is 1350 g/mol. The summed E-state index contributed by atoms with van der Waals surface area (Å²) in [7, 11) is 0. The molecule has 16 aromatic rings. The van der Waals surface area contributed by atoms with Gasteiger partial charge in [0.1, 0.15) is 34.0 Å². The van der Waals surface area contributed by atoms with E-state index in [1.807, 2.05) is 24.3 Å². The van der Waals surface area contributed by atoms with E-state index in [4.69, 9.17) is 13.3 Å². The molecule has 0 fully saturated rings. The normalized spacial score (nSPS) is 12.9. The molecule has 0 bridgehead atoms. The minimum atomic E-state index is -0.238. The van der Waals surface area contributed by atoms with Gasteiger partial charge in [0.15, 0.2) is 0 Å². The molecule has 3 aromatic heterocycles. The lowest BCUT2D eigenvalue weighted by atomic mass is 9.33. The second kappa shape index (κ2) is 24.3. The van der Waals surface area contributed by atoms with Crippen molar-refractivity contribution in [3.63, 3.8) is 0 Å². The first-order chi connectivity index (χ1) is 50.2. The van der Waals surface area contributed by atoms with E-state index in [0.29, 0.717) is 0 Å². The first kappa shape index (κ1) is 64.1. The van der Waals surface area contributed by atoms with E-state index in [0.717, 1.165) is 146 Å². The smallest absolute Gasteiger partial charge is 0.252 e. The predicted molar refractivity (Wildman–Crippen MR) is 439 cm³/mol. The molecule has 5 heterocycles. The fourth-order valence-corrected chi connectivity index (χ4v) is 16.0. The molecule has 0 saturated carbocycles. The fraction of sp³-hybridized carbons (Fsp3) is 0.146. The summed E-state index contributed by atoms with van der Waals surface area (Å²) in [5.74, 6) is 2.40. The van der Waals surface area contributed by atoms with E-state index in [9.17, 15) is 0 Å². The highest BCUT2D eigenvalue weighted by Crippen LogP contribution is 2.53. The second-order valence-corrected chi connectivity index (χ2v) is 31.6. The topological polar surface area (TPSA) is 52.4 Å². The Morgan fingerprint density at radius 3 is 1.28 bits per heavy atom. The Morgan fingerprint density at radius 1 is 0.288 bits per heavy atom. The van der Waals surface area contributed by atoms with Crippen LogP contribution >= 0.6 is 0 Å². The predicted octanol–water partition coefficient (Wildman–Crippen LogP) is 25.6. The van der Waals surface area contributed by atoms with Crippen molar-refractivity contribution in [3.8, 4) is 34.0 Å². The molecule has 7 nitrogen and oxygen atoms in total. The lowest BCUT2D eigenvalue weighted by Gasteiger charge is -2.46. The Morgan fingerprint density at radius 2 is 0.731 bits per heavy atom. The Hall–Kier alpha value is -12.0. The van der Waals surface area contributed by atoms with Crippen LogP contribution in [0.2, 0.25) is 0 Å². The number of anilines is 12. The number of nitrogens with zero attached hydrogens (tertiary/aromatic N) is 4. The number of hydrogen-bond donors (Lipinski definition) is 0. The third-order valence-corrected chi connectivity index (χ3v) is 21.5. The van der Waals surface area contributed by atoms with Crippen molar-refractivity contribution in [3.05, 3.63) is 319 Å². The second-order valence-electron chi connectivity index (χ2n) is 31.6. The number of hydrogen-bond acceptors (Lipinski definition) is 7. The van der Waals surface area contributed by atoms with Gasteiger partial charge in [0.05, 0.1) is 11.4 Å². The lowest BCUT2D eigenvalue weighted by Crippen LogP contribution is -2.61. The van der Waals surface area contributed by atoms with Gasteiger partial charge in [0.25, 0.3) is 6.71 Å². The van der Waals surface area contributed by atoms with Crippen LogP contribution in [0.15, 0.2) is 304 Å². The number of furan rings is 3. The van der Waals surface area contributed by atoms with Gasteiger partial charge in [-0.25, -0.2) is 0 Å². The molecule has 0 radical (unpaired) electrons. The van der Waals surface area contributed by atoms with Crippen molar-refractivity contribution < 1.29 is 13.3 Å². The zero-order valence-corrected chi connectivity index (χ0v) is 60.8. The zero-order valence-electron chi connectivity index (χ0n) is 60.8. The zero-order chi connectivity index (χ0) is 71.1. The summed E-state index contributed by atoms with van der Waals surface area (Å²) in [6.45, 7) is 25.1. The SMILES string of the molecule is Cc1cccc(C)c1N1c2cc(N(c3ccccc3)c3ccc4cc(-c5cc6ccccc6o5)ccc4c3)ccc2B2c3cc(C(C)(C)C)ccc3N(c3cc(-c4cc5ccccc5o4)cc(-c4cc5ccccc5o4)c3)c3cc(N(c4ccc(C(C)(C)C)cc4)c4ccc(C(C)(C)C)cc4)cc1c32. The third kappa shape index (κ3) is 11.1. The molecule has 0 amide bonds. The molecular weight excluding hydrogens is 1270 g/mol. The Kier molecular flexibility index (Phi) is 15.0. The van der Waals surface area contributed by atoms with Crippen molar-refractivity contribution in [1.82, 2.24) is 0 Å². The van der Waals surface area contributed by atoms with Gasteiger partial charge in [-0.2, -0.15) is 0 Å². The fourth-order valence-electron chi connectivity index (χ4n) is 16.0. The van der Waals surface area contributed by atoms with E-state index >= 15 is 0 Å². The summed E-state index contributed by atoms with van der Waals surface area (Å²) in [4.78, 5) is 10.1. The highest BCUT2D eigenvalue weighted by Gasteiger charge is 2.46. The molecular formula is C96H81BN4O3. The third-order valence-electron chi connectivity index (χ3n) is 21.5. The van der Waals surface area contributed by atoms with Crippen LogP contribution in [0.1, 0.15) is 90.1 Å². The van der Waals surface area contributed by atoms with Crippen molar-refractivity contribution >= 4 is 135 Å². The van der Waals surface area contributed by atoms with Crippen LogP contribution in [-0.2, 0) is 16.2 Å². The Balaban J connectivity index is 0.923. The van der Waals surface area contributed by atoms with Gasteiger partial charge in [0.2, 0.25) is 0 Å². The highest BCUT2D eigenvalue weighted by molar-refractivity contribution is 7.00. The maximum Gasteiger partial charge on any atom is 0.252 e. The summed E-state index contributed by atoms with van der Waals surface area (Å²) in [5, 5.41) is 5.43. The van der Waals surface area contributed by atoms with Crippen LogP contribution in [0.25, 0.3) is 77.7 Å². The molecule has 506 valence electrons. The monoisotopic (exact) mass is 1350 g/mol. The summed E-state index contributed by atoms with van der Waals surface area (Å²) >= 11 is 0. The maximum atomic E-state index is 6.89. The number of para-hydroxylation sites is 5. The van der Waals surface area contributed by atoms with E-state index in [1.54, 1.807) is 0 Å². The largest absolute Gasteiger partial charge is 0.456 e. The maximum absolute atomic E-state index is 6.89. The first-order valence-corrected chi connectivity index (χ1v) is 36.4. The number of rotatable bonds is 11. The van der Waals surface area contributed by atoms with Gasteiger partial charge >= 0.3 is 0 Å². The number of benzene rings is 13. The molecule has 0 unspecified atom stereocenters. The van der Waals surface area contributed by atoms with Crippen LogP contribution < -0.4 is 36.0 Å². The number of fused-ring (bicyclic) bond motifs is 8. The van der Waals surface area contributed by atoms with Gasteiger partial charge in [-0.1, -0.05) is 214 Å². The molecule has 104 heavy (non-hydrogen) atoms. The first-order valence-electron chi connectivity index (χ1n) is 36.4. The van der Waals surface area contributed by atoms with Crippen molar-refractivity contribution in [2.75, 3.05) is 19.6 Å². The average Bonchev–Trinajstić information content (AvgIpc) is 0.740. The lowest BCUT2D eigenvalue weighted by molar-refractivity contribution is 0.590. The van der Waals surface area contributed by atoms with Gasteiger partial charge in [-0.3, -0.25) is 0 Å². The summed E-state index contributed by atoms with van der Waals surface area (Å²) in [6, 6.07) is 107. The minimum Gasteiger partial charge on any atom is -0.456 e. The van der Waals surface area contributed by atoms with Crippen LogP contribution in [0.5, 0.6) is 0 Å². The van der Waals surface area contributed by atoms with E-state index < -0.39 is 0 Å². The van der Waals surface area contributed by atoms with Crippen molar-refractivity contribution in [2.24, 2.45) is 0 Å². The van der Waals surface area contributed by atoms with E-state index in [-0.39, 0.29) is 23.0 Å². The molecule has 0 aliphatic carbocycles. The summed E-state index contributed by atoms with van der Waals surface area (Å²) < 4.78 is 20.2. The summed E-state index contributed by atoms with van der Waals surface area (Å²) in [6.07, 6.45) is 0. The van der Waals surface area contributed by atoms with Crippen molar-refractivity contribution in [2.45, 2.75) is 92.4 Å². The van der Waals surface area contributed by atoms with Crippen LogP contribution in [0.4, 0.5) is 68.2 Å². The highest BCUT2D eigenvalue weighted by atomic mass is 16.3. The molecule has 0 saturated heterocycles. The van der Waals surface area contributed by atoms with Crippen LogP contribution in [0.3, 0.4) is 0 Å². The molecule has 0 atom stereocenters. The van der Waals surface area contributed by atoms with Gasteiger partial charge in [-0.05, 0) is 225 Å². The molecule has 18 rings (SSSR count). The van der Waals surface area contributed by atoms with Crippen LogP contribution in [-0.4, -0.2) is 6.71 Å². The van der Waals surface area contributed by atoms with E-state index in [2.05, 4.69) is 363 Å². The minimum absolute atomic E-state index is 0.0643.